The monoisotopic (exact) mass is 233 g/mol. The number of rotatable bonds is 4. The second-order valence-corrected chi connectivity index (χ2v) is 4.04. The number of carboxylic acids is 1. The van der Waals surface area contributed by atoms with Gasteiger partial charge in [-0.05, 0) is 18.9 Å². The Morgan fingerprint density at radius 1 is 1.47 bits per heavy atom. The van der Waals surface area contributed by atoms with Crippen molar-refractivity contribution in [3.05, 3.63) is 23.7 Å². The van der Waals surface area contributed by atoms with Gasteiger partial charge >= 0.3 is 5.97 Å². The summed E-state index contributed by atoms with van der Waals surface area (Å²) in [5, 5.41) is 8.88. The Labute approximate surface area is 98.9 Å². The lowest BCUT2D eigenvalue weighted by Crippen LogP contribution is -1.97. The zero-order valence-electron chi connectivity index (χ0n) is 9.90. The highest BCUT2D eigenvalue weighted by atomic mass is 16.4. The van der Waals surface area contributed by atoms with Gasteiger partial charge in [-0.1, -0.05) is 13.8 Å². The van der Waals surface area contributed by atoms with Gasteiger partial charge in [-0.3, -0.25) is 0 Å². The van der Waals surface area contributed by atoms with Gasteiger partial charge in [-0.15, -0.1) is 0 Å². The number of hydrogen-bond donors (Lipinski definition) is 2. The molecule has 0 amide bonds. The van der Waals surface area contributed by atoms with E-state index in [0.717, 1.165) is 18.7 Å². The Balaban J connectivity index is 2.46. The zero-order valence-corrected chi connectivity index (χ0v) is 9.90. The third-order valence-corrected chi connectivity index (χ3v) is 2.98. The van der Waals surface area contributed by atoms with Crippen LogP contribution in [-0.2, 0) is 0 Å². The van der Waals surface area contributed by atoms with Gasteiger partial charge in [0, 0.05) is 12.1 Å². The molecule has 0 atom stereocenters. The van der Waals surface area contributed by atoms with Crippen LogP contribution in [0.2, 0.25) is 0 Å². The van der Waals surface area contributed by atoms with Gasteiger partial charge in [-0.2, -0.15) is 0 Å². The van der Waals surface area contributed by atoms with E-state index < -0.39 is 5.97 Å². The number of aromatic amines is 1. The number of pyridine rings is 1. The average molecular weight is 233 g/mol. The second-order valence-electron chi connectivity index (χ2n) is 4.04. The number of H-pyrrole nitrogens is 1. The van der Waals surface area contributed by atoms with E-state index in [1.807, 2.05) is 0 Å². The number of imidazole rings is 1. The van der Waals surface area contributed by atoms with Crippen LogP contribution in [0.25, 0.3) is 11.2 Å². The van der Waals surface area contributed by atoms with Gasteiger partial charge in [0.15, 0.2) is 5.65 Å². The molecule has 5 nitrogen and oxygen atoms in total. The molecule has 0 saturated heterocycles. The molecule has 2 rings (SSSR count). The third-order valence-electron chi connectivity index (χ3n) is 2.98. The maximum absolute atomic E-state index is 10.8. The van der Waals surface area contributed by atoms with Crippen LogP contribution in [0.15, 0.2) is 12.3 Å². The van der Waals surface area contributed by atoms with E-state index in [1.54, 1.807) is 6.07 Å². The van der Waals surface area contributed by atoms with E-state index in [1.165, 1.54) is 6.20 Å². The van der Waals surface area contributed by atoms with Crippen LogP contribution >= 0.6 is 0 Å². The van der Waals surface area contributed by atoms with Crippen LogP contribution in [0.5, 0.6) is 0 Å². The fraction of sp³-hybridized carbons (Fsp3) is 0.417. The molecule has 0 unspecified atom stereocenters. The van der Waals surface area contributed by atoms with Crippen molar-refractivity contribution in [2.75, 3.05) is 0 Å². The molecule has 0 aliphatic heterocycles. The molecule has 17 heavy (non-hydrogen) atoms. The lowest BCUT2D eigenvalue weighted by atomic mass is 10.0. The standard InChI is InChI=1S/C12H15N3O2/c1-3-7(4-2)10-14-9-5-8(12(16)17)6-13-11(9)15-10/h5-7H,3-4H2,1-2H3,(H,16,17)(H,13,14,15). The molecule has 0 aliphatic carbocycles. The largest absolute Gasteiger partial charge is 0.478 e. The summed E-state index contributed by atoms with van der Waals surface area (Å²) < 4.78 is 0. The van der Waals surface area contributed by atoms with Gasteiger partial charge in [-0.25, -0.2) is 14.8 Å². The second kappa shape index (κ2) is 4.53. The first-order chi connectivity index (χ1) is 8.15. The van der Waals surface area contributed by atoms with Crippen molar-refractivity contribution in [3.63, 3.8) is 0 Å². The Bertz CT molecular complexity index is 544. The number of hydrogen-bond acceptors (Lipinski definition) is 3. The van der Waals surface area contributed by atoms with Crippen molar-refractivity contribution in [2.24, 2.45) is 0 Å². The van der Waals surface area contributed by atoms with Crippen LogP contribution < -0.4 is 0 Å². The first-order valence-corrected chi connectivity index (χ1v) is 5.74. The van der Waals surface area contributed by atoms with Gasteiger partial charge in [0.25, 0.3) is 0 Å². The normalized spacial score (nSPS) is 11.2. The smallest absolute Gasteiger partial charge is 0.337 e. The highest BCUT2D eigenvalue weighted by molar-refractivity contribution is 5.90. The molecule has 2 heterocycles. The first-order valence-electron chi connectivity index (χ1n) is 5.74. The van der Waals surface area contributed by atoms with Crippen molar-refractivity contribution < 1.29 is 9.90 Å². The summed E-state index contributed by atoms with van der Waals surface area (Å²) in [6.45, 7) is 4.22. The summed E-state index contributed by atoms with van der Waals surface area (Å²) >= 11 is 0. The van der Waals surface area contributed by atoms with E-state index in [0.29, 0.717) is 17.1 Å². The fourth-order valence-corrected chi connectivity index (χ4v) is 1.90. The summed E-state index contributed by atoms with van der Waals surface area (Å²) in [6, 6.07) is 1.57. The SMILES string of the molecule is CCC(CC)c1nc2ncc(C(=O)O)cc2[nH]1. The predicted octanol–water partition coefficient (Wildman–Crippen LogP) is 2.56. The first kappa shape index (κ1) is 11.6. The number of aromatic carboxylic acids is 1. The molecule has 0 spiro atoms. The highest BCUT2D eigenvalue weighted by Crippen LogP contribution is 2.22. The quantitative estimate of drug-likeness (QED) is 0.850. The molecule has 2 N–H and O–H groups in total. The Hall–Kier alpha value is -1.91. The van der Waals surface area contributed by atoms with E-state index in [-0.39, 0.29) is 5.56 Å². The summed E-state index contributed by atoms with van der Waals surface area (Å²) in [5.74, 6) is 0.288. The molecule has 2 aromatic rings. The van der Waals surface area contributed by atoms with Crippen molar-refractivity contribution in [3.8, 4) is 0 Å². The van der Waals surface area contributed by atoms with E-state index in [4.69, 9.17) is 5.11 Å². The summed E-state index contributed by atoms with van der Waals surface area (Å²) in [7, 11) is 0. The van der Waals surface area contributed by atoms with Crippen LogP contribution in [-0.4, -0.2) is 26.0 Å². The minimum Gasteiger partial charge on any atom is -0.478 e. The molecule has 0 aromatic carbocycles. The van der Waals surface area contributed by atoms with Crippen LogP contribution in [0, 0.1) is 0 Å². The maximum Gasteiger partial charge on any atom is 0.337 e. The molecule has 0 radical (unpaired) electrons. The van der Waals surface area contributed by atoms with Gasteiger partial charge in [0.2, 0.25) is 0 Å². The third kappa shape index (κ3) is 2.13. The van der Waals surface area contributed by atoms with E-state index in [9.17, 15) is 4.79 Å². The topological polar surface area (TPSA) is 78.9 Å². The molecule has 0 fully saturated rings. The number of aromatic nitrogens is 3. The fourth-order valence-electron chi connectivity index (χ4n) is 1.90. The Kier molecular flexibility index (Phi) is 3.08. The van der Waals surface area contributed by atoms with Gasteiger partial charge in [0.1, 0.15) is 5.82 Å². The number of carbonyl (C=O) groups is 1. The number of carboxylic acid groups (broad SMARTS) is 1. The molecule has 0 bridgehead atoms. The molecule has 2 aromatic heterocycles. The maximum atomic E-state index is 10.8. The van der Waals surface area contributed by atoms with Crippen LogP contribution in [0.3, 0.4) is 0 Å². The highest BCUT2D eigenvalue weighted by Gasteiger charge is 2.13. The predicted molar refractivity (Wildman–Crippen MR) is 64.2 cm³/mol. The zero-order chi connectivity index (χ0) is 12.4. The van der Waals surface area contributed by atoms with E-state index >= 15 is 0 Å². The van der Waals surface area contributed by atoms with Crippen molar-refractivity contribution >= 4 is 17.1 Å². The molecule has 0 saturated carbocycles. The molecule has 90 valence electrons. The summed E-state index contributed by atoms with van der Waals surface area (Å²) in [6.07, 6.45) is 3.34. The molecule has 5 heteroatoms. The van der Waals surface area contributed by atoms with Gasteiger partial charge in [0.05, 0.1) is 11.1 Å². The lowest BCUT2D eigenvalue weighted by molar-refractivity contribution is 0.0696. The minimum absolute atomic E-state index is 0.178. The Morgan fingerprint density at radius 2 is 2.18 bits per heavy atom. The van der Waals surface area contributed by atoms with Crippen molar-refractivity contribution in [2.45, 2.75) is 32.6 Å². The summed E-state index contributed by atoms with van der Waals surface area (Å²) in [5.41, 5.74) is 1.45. The molecular weight excluding hydrogens is 218 g/mol. The van der Waals surface area contributed by atoms with Gasteiger partial charge < -0.3 is 10.1 Å². The number of nitrogens with one attached hydrogen (secondary N) is 1. The Morgan fingerprint density at radius 3 is 2.76 bits per heavy atom. The lowest BCUT2D eigenvalue weighted by Gasteiger charge is -2.06. The number of fused-ring (bicyclic) bond motifs is 1. The summed E-state index contributed by atoms with van der Waals surface area (Å²) in [4.78, 5) is 22.4. The van der Waals surface area contributed by atoms with Crippen LogP contribution in [0.4, 0.5) is 0 Å². The van der Waals surface area contributed by atoms with Crippen molar-refractivity contribution in [1.82, 2.24) is 15.0 Å². The van der Waals surface area contributed by atoms with Crippen LogP contribution in [0.1, 0.15) is 48.8 Å². The van der Waals surface area contributed by atoms with Crippen molar-refractivity contribution in [1.29, 1.82) is 0 Å². The average Bonchev–Trinajstić information content (AvgIpc) is 2.72. The molecular formula is C12H15N3O2. The molecule has 0 aliphatic rings. The minimum atomic E-state index is -0.974. The van der Waals surface area contributed by atoms with E-state index in [2.05, 4.69) is 28.8 Å². The number of nitrogens with zero attached hydrogens (tertiary/aromatic N) is 2.